The van der Waals surface area contributed by atoms with Crippen LogP contribution in [0.4, 0.5) is 0 Å². The van der Waals surface area contributed by atoms with Gasteiger partial charge < -0.3 is 0 Å². The van der Waals surface area contributed by atoms with Crippen LogP contribution in [0, 0.1) is 18.3 Å². The zero-order valence-corrected chi connectivity index (χ0v) is 22.5. The molecule has 2 aromatic carbocycles. The Hall–Kier alpha value is -5.43. The summed E-state index contributed by atoms with van der Waals surface area (Å²) < 4.78 is 2.45. The van der Waals surface area contributed by atoms with Crippen molar-refractivity contribution in [3.05, 3.63) is 112 Å². The molecule has 0 amide bonds. The first kappa shape index (κ1) is 26.2. The second kappa shape index (κ2) is 9.71. The van der Waals surface area contributed by atoms with Gasteiger partial charge in [0.2, 0.25) is 0 Å². The maximum absolute atomic E-state index is 12.5. The molecule has 4 heterocycles. The van der Waals surface area contributed by atoms with Crippen LogP contribution < -0.4 is 32.8 Å². The number of fused-ring (bicyclic) bond motifs is 5. The molecule has 4 aromatic heterocycles. The molecular formula is C30H24N6O4. The number of hydrogen-bond acceptors (Lipinski definition) is 7. The molecular weight excluding hydrogens is 508 g/mol. The Labute approximate surface area is 225 Å². The van der Waals surface area contributed by atoms with E-state index >= 15 is 0 Å². The van der Waals surface area contributed by atoms with E-state index in [0.717, 1.165) is 26.2 Å². The van der Waals surface area contributed by atoms with E-state index in [2.05, 4.69) is 15.0 Å². The minimum Gasteiger partial charge on any atom is -0.273 e. The number of benzene rings is 2. The number of H-pyrrole nitrogens is 1. The van der Waals surface area contributed by atoms with Crippen molar-refractivity contribution in [3.63, 3.8) is 0 Å². The van der Waals surface area contributed by atoms with Crippen molar-refractivity contribution >= 4 is 44.4 Å². The molecule has 6 aromatic rings. The molecule has 1 N–H and O–H groups in total. The van der Waals surface area contributed by atoms with E-state index in [-0.39, 0.29) is 22.0 Å². The highest BCUT2D eigenvalue weighted by Gasteiger charge is 2.16. The molecule has 10 heteroatoms. The second-order valence-electron chi connectivity index (χ2n) is 9.78. The van der Waals surface area contributed by atoms with E-state index in [9.17, 15) is 24.4 Å². The van der Waals surface area contributed by atoms with Crippen molar-refractivity contribution in [3.8, 4) is 6.07 Å². The number of aromatic nitrogens is 5. The summed E-state index contributed by atoms with van der Waals surface area (Å²) in [6.45, 7) is 9.20. The average Bonchev–Trinajstić information content (AvgIpc) is 3.28. The highest BCUT2D eigenvalue weighted by molar-refractivity contribution is 5.82. The SMILES string of the molecule is CC(C)=c1c(=O)[nH]c(=O)n2c(=O)c3ccccc3nc12.CC(C)=c1c(C)c(C#N)c(=O)n2c1nc1ccccc12. The molecule has 10 nitrogen and oxygen atoms in total. The monoisotopic (exact) mass is 532 g/mol. The first-order valence-corrected chi connectivity index (χ1v) is 12.4. The maximum atomic E-state index is 12.5. The lowest BCUT2D eigenvalue weighted by molar-refractivity contribution is 0.915. The van der Waals surface area contributed by atoms with Gasteiger partial charge in [0.15, 0.2) is 5.65 Å². The van der Waals surface area contributed by atoms with Gasteiger partial charge in [-0.2, -0.15) is 5.26 Å². The molecule has 0 bridgehead atoms. The van der Waals surface area contributed by atoms with Crippen molar-refractivity contribution in [1.82, 2.24) is 23.8 Å². The maximum Gasteiger partial charge on any atom is 0.337 e. The molecule has 6 rings (SSSR count). The molecule has 0 aliphatic rings. The summed E-state index contributed by atoms with van der Waals surface area (Å²) >= 11 is 0. The van der Waals surface area contributed by atoms with Crippen molar-refractivity contribution in [2.75, 3.05) is 0 Å². The van der Waals surface area contributed by atoms with E-state index in [1.165, 1.54) is 0 Å². The average molecular weight is 533 g/mol. The number of hydrogen-bond donors (Lipinski definition) is 1. The molecule has 0 unspecified atom stereocenters. The summed E-state index contributed by atoms with van der Waals surface area (Å²) in [5.41, 5.74) is 3.26. The molecule has 0 aliphatic heterocycles. The van der Waals surface area contributed by atoms with Gasteiger partial charge in [0.25, 0.3) is 16.7 Å². The molecule has 0 saturated carbocycles. The van der Waals surface area contributed by atoms with E-state index in [0.29, 0.717) is 27.7 Å². The first-order valence-electron chi connectivity index (χ1n) is 12.4. The van der Waals surface area contributed by atoms with E-state index in [1.54, 1.807) is 42.5 Å². The largest absolute Gasteiger partial charge is 0.337 e. The van der Waals surface area contributed by atoms with Crippen LogP contribution in [0.2, 0.25) is 0 Å². The number of imidazole rings is 1. The van der Waals surface area contributed by atoms with Gasteiger partial charge in [0, 0.05) is 5.22 Å². The predicted molar refractivity (Wildman–Crippen MR) is 154 cm³/mol. The number of aromatic amines is 1. The van der Waals surface area contributed by atoms with Crippen molar-refractivity contribution in [2.45, 2.75) is 34.6 Å². The van der Waals surface area contributed by atoms with Crippen LogP contribution in [-0.2, 0) is 0 Å². The summed E-state index contributed by atoms with van der Waals surface area (Å²) in [6, 6.07) is 16.2. The fourth-order valence-electron chi connectivity index (χ4n) is 4.95. The normalized spacial score (nSPS) is 11.0. The number of pyridine rings is 1. The predicted octanol–water partition coefficient (Wildman–Crippen LogP) is 1.74. The highest BCUT2D eigenvalue weighted by Crippen LogP contribution is 2.14. The van der Waals surface area contributed by atoms with Crippen molar-refractivity contribution in [1.29, 1.82) is 5.26 Å². The quantitative estimate of drug-likeness (QED) is 0.294. The highest BCUT2D eigenvalue weighted by atomic mass is 16.2. The Morgan fingerprint density at radius 2 is 1.35 bits per heavy atom. The standard InChI is InChI=1S/C16H13N3O.C14H11N3O3/c1-9(2)14-10(3)11(8-17)16(20)19-13-7-5-4-6-12(13)18-15(14)19;1-7(2)10-11-15-9-6-4-3-5-8(9)13(19)17(11)14(20)16-12(10)18/h4-7H,1-3H3;3-6H,1-2H3,(H,16,18,20). The van der Waals surface area contributed by atoms with Crippen LogP contribution in [0.25, 0.3) is 44.4 Å². The second-order valence-corrected chi connectivity index (χ2v) is 9.78. The van der Waals surface area contributed by atoms with Crippen LogP contribution in [-0.4, -0.2) is 23.8 Å². The van der Waals surface area contributed by atoms with Gasteiger partial charge in [-0.15, -0.1) is 0 Å². The summed E-state index contributed by atoms with van der Waals surface area (Å²) in [4.78, 5) is 59.7. The molecule has 0 atom stereocenters. The van der Waals surface area contributed by atoms with Gasteiger partial charge in [-0.25, -0.2) is 19.2 Å². The van der Waals surface area contributed by atoms with Crippen molar-refractivity contribution in [2.24, 2.45) is 0 Å². The van der Waals surface area contributed by atoms with Gasteiger partial charge in [0.05, 0.1) is 27.2 Å². The molecule has 0 radical (unpaired) electrons. The number of nitrogens with one attached hydrogen (secondary N) is 1. The summed E-state index contributed by atoms with van der Waals surface area (Å²) in [5, 5.41) is 10.8. The summed E-state index contributed by atoms with van der Waals surface area (Å²) in [5.74, 6) is 0. The van der Waals surface area contributed by atoms with E-state index in [4.69, 9.17) is 0 Å². The zero-order chi connectivity index (χ0) is 28.9. The van der Waals surface area contributed by atoms with Crippen molar-refractivity contribution < 1.29 is 0 Å². The lowest BCUT2D eigenvalue weighted by Gasteiger charge is -2.03. The third-order valence-electron chi connectivity index (χ3n) is 6.71. The van der Waals surface area contributed by atoms with Gasteiger partial charge in [-0.3, -0.25) is 23.8 Å². The van der Waals surface area contributed by atoms with Gasteiger partial charge >= 0.3 is 5.69 Å². The lowest BCUT2D eigenvalue weighted by atomic mass is 10.1. The summed E-state index contributed by atoms with van der Waals surface area (Å²) in [6.07, 6.45) is 0. The Morgan fingerprint density at radius 1 is 0.775 bits per heavy atom. The Bertz CT molecular complexity index is 2420. The number of nitrogens with zero attached hydrogens (tertiary/aromatic N) is 5. The van der Waals surface area contributed by atoms with Crippen LogP contribution in [0.3, 0.4) is 0 Å². The number of rotatable bonds is 0. The third kappa shape index (κ3) is 3.96. The molecule has 0 saturated heterocycles. The number of para-hydroxylation sites is 3. The Balaban J connectivity index is 0.000000161. The van der Waals surface area contributed by atoms with Gasteiger partial charge in [-0.1, -0.05) is 35.4 Å². The Kier molecular flexibility index (Phi) is 6.35. The number of nitriles is 1. The Morgan fingerprint density at radius 3 is 2.00 bits per heavy atom. The van der Waals surface area contributed by atoms with Crippen LogP contribution in [0.15, 0.2) is 67.7 Å². The smallest absolute Gasteiger partial charge is 0.273 e. The fourth-order valence-corrected chi connectivity index (χ4v) is 4.95. The molecule has 40 heavy (non-hydrogen) atoms. The topological polar surface area (TPSA) is 142 Å². The lowest BCUT2D eigenvalue weighted by Crippen LogP contribution is -2.43. The first-order chi connectivity index (χ1) is 19.1. The molecule has 198 valence electrons. The minimum atomic E-state index is -0.766. The van der Waals surface area contributed by atoms with Crippen LogP contribution >= 0.6 is 0 Å². The van der Waals surface area contributed by atoms with Crippen LogP contribution in [0.5, 0.6) is 0 Å². The minimum absolute atomic E-state index is 0.0995. The van der Waals surface area contributed by atoms with Gasteiger partial charge in [-0.05, 0) is 64.4 Å². The van der Waals surface area contributed by atoms with E-state index < -0.39 is 16.8 Å². The molecule has 0 spiro atoms. The fraction of sp³-hybridized carbons (Fsp3) is 0.167. The third-order valence-corrected chi connectivity index (χ3v) is 6.71. The van der Waals surface area contributed by atoms with E-state index in [1.807, 2.05) is 51.1 Å². The van der Waals surface area contributed by atoms with Gasteiger partial charge in [0.1, 0.15) is 17.3 Å². The van der Waals surface area contributed by atoms with Crippen LogP contribution in [0.1, 0.15) is 38.8 Å². The molecule has 0 aliphatic carbocycles. The summed E-state index contributed by atoms with van der Waals surface area (Å²) in [7, 11) is 0. The zero-order valence-electron chi connectivity index (χ0n) is 22.5. The molecule has 0 fully saturated rings.